The van der Waals surface area contributed by atoms with Gasteiger partial charge in [-0.25, -0.2) is 9.79 Å². The van der Waals surface area contributed by atoms with E-state index in [2.05, 4.69) is 52.1 Å². The molecule has 1 N–H and O–H groups in total. The summed E-state index contributed by atoms with van der Waals surface area (Å²) < 4.78 is 0. The number of imide groups is 1. The third kappa shape index (κ3) is 3.81. The number of hydrogen-bond acceptors (Lipinski definition) is 6. The lowest BCUT2D eigenvalue weighted by molar-refractivity contribution is -0.127. The molecule has 2 atom stereocenters. The van der Waals surface area contributed by atoms with Crippen LogP contribution in [0.25, 0.3) is 0 Å². The molecule has 0 bridgehead atoms. The van der Waals surface area contributed by atoms with Crippen LogP contribution in [0, 0.1) is 6.92 Å². The van der Waals surface area contributed by atoms with Gasteiger partial charge in [0.15, 0.2) is 18.2 Å². The average molecular weight is 399 g/mol. The topological polar surface area (TPSA) is 71.5 Å². The number of carbonyl (C=O) groups excluding carboxylic acids is 2. The zero-order valence-electron chi connectivity index (χ0n) is 17.5. The summed E-state index contributed by atoms with van der Waals surface area (Å²) in [5.74, 6) is 0.559. The van der Waals surface area contributed by atoms with Crippen LogP contribution in [-0.4, -0.2) is 89.5 Å². The number of amides is 3. The van der Waals surface area contributed by atoms with Crippen LogP contribution in [0.15, 0.2) is 29.3 Å². The molecule has 4 rings (SSSR count). The van der Waals surface area contributed by atoms with Gasteiger partial charge in [-0.15, -0.1) is 0 Å². The van der Waals surface area contributed by atoms with E-state index in [-0.39, 0.29) is 11.9 Å². The number of fused-ring (bicyclic) bond motifs is 1. The molecule has 156 valence electrons. The fourth-order valence-corrected chi connectivity index (χ4v) is 4.44. The minimum Gasteiger partial charge on any atom is -0.340 e. The van der Waals surface area contributed by atoms with Gasteiger partial charge in [-0.2, -0.15) is 0 Å². The zero-order chi connectivity index (χ0) is 20.5. The number of nitrogens with one attached hydrogen (secondary N) is 1. The van der Waals surface area contributed by atoms with E-state index in [0.29, 0.717) is 6.54 Å². The zero-order valence-corrected chi connectivity index (χ0v) is 17.5. The van der Waals surface area contributed by atoms with Gasteiger partial charge in [0.2, 0.25) is 0 Å². The maximum atomic E-state index is 12.8. The number of piperazine rings is 1. The number of urea groups is 1. The second kappa shape index (κ2) is 8.02. The first-order valence-electron chi connectivity index (χ1n) is 10.4. The third-order valence-electron chi connectivity index (χ3n) is 5.97. The van der Waals surface area contributed by atoms with Gasteiger partial charge >= 0.3 is 6.03 Å². The summed E-state index contributed by atoms with van der Waals surface area (Å²) in [6.45, 7) is 9.70. The molecule has 2 saturated heterocycles. The number of hydrogen-bond donors (Lipinski definition) is 1. The summed E-state index contributed by atoms with van der Waals surface area (Å²) in [5, 5.41) is 2.48. The predicted octanol–water partition coefficient (Wildman–Crippen LogP) is 1.07. The Balaban J connectivity index is 1.61. The van der Waals surface area contributed by atoms with Gasteiger partial charge in [-0.3, -0.25) is 15.0 Å². The van der Waals surface area contributed by atoms with E-state index in [4.69, 9.17) is 4.99 Å². The van der Waals surface area contributed by atoms with Crippen molar-refractivity contribution >= 4 is 17.9 Å². The molecule has 8 nitrogen and oxygen atoms in total. The Morgan fingerprint density at radius 1 is 1.17 bits per heavy atom. The molecule has 8 heteroatoms. The molecule has 0 spiro atoms. The minimum atomic E-state index is -0.498. The number of carbonyl (C=O) groups is 2. The van der Waals surface area contributed by atoms with E-state index in [1.165, 1.54) is 10.5 Å². The number of aliphatic imine (C=N–C) groups is 1. The number of guanidine groups is 1. The molecule has 1 aromatic carbocycles. The van der Waals surface area contributed by atoms with Crippen LogP contribution < -0.4 is 5.32 Å². The second-order valence-corrected chi connectivity index (χ2v) is 8.14. The van der Waals surface area contributed by atoms with Crippen LogP contribution in [0.3, 0.4) is 0 Å². The van der Waals surface area contributed by atoms with Crippen LogP contribution in [0.1, 0.15) is 24.5 Å². The van der Waals surface area contributed by atoms with E-state index in [9.17, 15) is 9.59 Å². The van der Waals surface area contributed by atoms with Crippen LogP contribution in [0.4, 0.5) is 4.79 Å². The Kier molecular flexibility index (Phi) is 5.45. The van der Waals surface area contributed by atoms with Gasteiger partial charge in [0.25, 0.3) is 5.91 Å². The van der Waals surface area contributed by atoms with E-state index in [1.54, 1.807) is 7.05 Å². The first-order valence-corrected chi connectivity index (χ1v) is 10.4. The van der Waals surface area contributed by atoms with E-state index in [0.717, 1.165) is 50.7 Å². The van der Waals surface area contributed by atoms with Crippen molar-refractivity contribution in [2.45, 2.75) is 39.0 Å². The molecule has 29 heavy (non-hydrogen) atoms. The highest BCUT2D eigenvalue weighted by Crippen LogP contribution is 2.28. The highest BCUT2D eigenvalue weighted by Gasteiger charge is 2.49. The number of aryl methyl sites for hydroxylation is 1. The van der Waals surface area contributed by atoms with Crippen molar-refractivity contribution in [2.24, 2.45) is 4.99 Å². The van der Waals surface area contributed by atoms with Gasteiger partial charge in [-0.1, -0.05) is 36.8 Å². The molecule has 0 aromatic heterocycles. The Hall–Kier alpha value is -2.61. The second-order valence-electron chi connectivity index (χ2n) is 8.14. The van der Waals surface area contributed by atoms with Crippen molar-refractivity contribution in [1.82, 2.24) is 24.9 Å². The van der Waals surface area contributed by atoms with E-state index >= 15 is 0 Å². The lowest BCUT2D eigenvalue weighted by atomic mass is 10.1. The maximum absolute atomic E-state index is 12.8. The average Bonchev–Trinajstić information content (AvgIpc) is 3.07. The van der Waals surface area contributed by atoms with Crippen molar-refractivity contribution in [3.05, 3.63) is 35.4 Å². The number of nitrogens with zero attached hydrogens (tertiary/aromatic N) is 5. The highest BCUT2D eigenvalue weighted by atomic mass is 16.2. The molecule has 2 fully saturated rings. The minimum absolute atomic E-state index is 0.269. The molecule has 3 amide bonds. The third-order valence-corrected chi connectivity index (χ3v) is 5.97. The normalized spacial score (nSPS) is 25.2. The molecule has 0 aliphatic carbocycles. The van der Waals surface area contributed by atoms with Crippen LogP contribution in [0.2, 0.25) is 0 Å². The first-order chi connectivity index (χ1) is 14.0. The molecule has 0 radical (unpaired) electrons. The van der Waals surface area contributed by atoms with Gasteiger partial charge in [0, 0.05) is 39.8 Å². The fourth-order valence-electron chi connectivity index (χ4n) is 4.44. The number of benzene rings is 1. The molecule has 0 saturated carbocycles. The summed E-state index contributed by atoms with van der Waals surface area (Å²) >= 11 is 0. The molecular weight excluding hydrogens is 368 g/mol. The Morgan fingerprint density at radius 2 is 1.93 bits per heavy atom. The summed E-state index contributed by atoms with van der Waals surface area (Å²) in [5.41, 5.74) is 2.32. The fraction of sp³-hybridized carbons (Fsp3) is 0.571. The van der Waals surface area contributed by atoms with Crippen molar-refractivity contribution in [1.29, 1.82) is 0 Å². The summed E-state index contributed by atoms with van der Waals surface area (Å²) in [4.78, 5) is 38.1. The van der Waals surface area contributed by atoms with Crippen molar-refractivity contribution < 1.29 is 9.59 Å². The van der Waals surface area contributed by atoms with Gasteiger partial charge in [0.1, 0.15) is 0 Å². The van der Waals surface area contributed by atoms with E-state index < -0.39 is 12.2 Å². The first kappa shape index (κ1) is 19.7. The predicted molar refractivity (Wildman–Crippen MR) is 111 cm³/mol. The largest absolute Gasteiger partial charge is 0.340 e. The van der Waals surface area contributed by atoms with Gasteiger partial charge in [0.05, 0.1) is 0 Å². The standard InChI is InChI=1S/C21H30N6O2/c1-4-8-25-9-11-26(12-10-25)20-22-18-17(19(28)23-21(29)24(18)3)27(20)14-16-7-5-6-15(2)13-16/h5-7,13,17-18H,4,8-12,14H2,1-3H3,(H,23,28,29). The summed E-state index contributed by atoms with van der Waals surface area (Å²) in [6, 6.07) is 7.44. The molecule has 3 aliphatic heterocycles. The quantitative estimate of drug-likeness (QED) is 0.822. The van der Waals surface area contributed by atoms with Crippen molar-refractivity contribution in [2.75, 3.05) is 39.8 Å². The summed E-state index contributed by atoms with van der Waals surface area (Å²) in [7, 11) is 1.70. The highest BCUT2D eigenvalue weighted by molar-refractivity contribution is 6.03. The SMILES string of the molecule is CCCN1CCN(C2=NC3C(C(=O)NC(=O)N3C)N2Cc2cccc(C)c2)CC1. The van der Waals surface area contributed by atoms with Crippen molar-refractivity contribution in [3.8, 4) is 0 Å². The smallest absolute Gasteiger partial charge is 0.325 e. The molecule has 2 unspecified atom stereocenters. The Labute approximate surface area is 172 Å². The maximum Gasteiger partial charge on any atom is 0.325 e. The lowest BCUT2D eigenvalue weighted by Crippen LogP contribution is -2.64. The van der Waals surface area contributed by atoms with Gasteiger partial charge in [-0.05, 0) is 25.5 Å². The lowest BCUT2D eigenvalue weighted by Gasteiger charge is -2.40. The van der Waals surface area contributed by atoms with Gasteiger partial charge < -0.3 is 14.7 Å². The molecule has 3 heterocycles. The van der Waals surface area contributed by atoms with E-state index in [1.807, 2.05) is 6.07 Å². The van der Waals surface area contributed by atoms with Crippen LogP contribution >= 0.6 is 0 Å². The molecular formula is C21H30N6O2. The summed E-state index contributed by atoms with van der Waals surface area (Å²) in [6.07, 6.45) is 0.669. The van der Waals surface area contributed by atoms with Crippen molar-refractivity contribution in [3.63, 3.8) is 0 Å². The monoisotopic (exact) mass is 398 g/mol. The van der Waals surface area contributed by atoms with Crippen LogP contribution in [-0.2, 0) is 11.3 Å². The number of likely N-dealkylation sites (N-methyl/N-ethyl adjacent to an activating group) is 1. The molecule has 1 aromatic rings. The Bertz CT molecular complexity index is 817. The Morgan fingerprint density at radius 3 is 2.62 bits per heavy atom. The van der Waals surface area contributed by atoms with Crippen LogP contribution in [0.5, 0.6) is 0 Å². The molecule has 3 aliphatic rings. The number of rotatable bonds is 4.